The van der Waals surface area contributed by atoms with E-state index >= 15 is 0 Å². The van der Waals surface area contributed by atoms with Gasteiger partial charge in [0.25, 0.3) is 0 Å². The van der Waals surface area contributed by atoms with E-state index in [1.54, 1.807) is 18.5 Å². The Labute approximate surface area is 250 Å². The Bertz CT molecular complexity index is 1640. The summed E-state index contributed by atoms with van der Waals surface area (Å²) in [5.41, 5.74) is 2.00. The quantitative estimate of drug-likeness (QED) is 0.217. The molecule has 0 spiro atoms. The van der Waals surface area contributed by atoms with Gasteiger partial charge in [-0.25, -0.2) is 9.78 Å². The average Bonchev–Trinajstić information content (AvgIpc) is 3.56. The number of nitrogens with zero attached hydrogens (tertiary/aromatic N) is 5. The Morgan fingerprint density at radius 1 is 1.05 bits per heavy atom. The number of hydrogen-bond donors (Lipinski definition) is 1. The molecule has 0 saturated heterocycles. The third kappa shape index (κ3) is 4.63. The molecule has 8 rings (SSSR count). The zero-order valence-corrected chi connectivity index (χ0v) is 24.2. The largest absolute Gasteiger partial charge is 0.494 e. The lowest BCUT2D eigenvalue weighted by atomic mass is 9.58. The number of halogens is 2. The molecular weight excluding hydrogens is 585 g/mol. The van der Waals surface area contributed by atoms with Gasteiger partial charge in [0.2, 0.25) is 11.7 Å². The van der Waals surface area contributed by atoms with Crippen molar-refractivity contribution in [3.05, 3.63) is 57.6 Å². The maximum Gasteiger partial charge on any atom is 0.358 e. The minimum Gasteiger partial charge on any atom is -0.494 e. The molecule has 1 N–H and O–H groups in total. The molecule has 11 nitrogen and oxygen atoms in total. The van der Waals surface area contributed by atoms with Crippen molar-refractivity contribution in [2.24, 2.45) is 0 Å². The molecule has 4 fully saturated rings. The van der Waals surface area contributed by atoms with Gasteiger partial charge in [0.1, 0.15) is 11.5 Å². The fourth-order valence-electron chi connectivity index (χ4n) is 6.31. The van der Waals surface area contributed by atoms with Crippen LogP contribution >= 0.6 is 23.2 Å². The van der Waals surface area contributed by atoms with Crippen molar-refractivity contribution >= 4 is 29.2 Å². The Morgan fingerprint density at radius 2 is 1.76 bits per heavy atom. The van der Waals surface area contributed by atoms with E-state index in [0.29, 0.717) is 51.1 Å². The highest BCUT2D eigenvalue weighted by molar-refractivity contribution is 6.38. The molecule has 0 unspecified atom stereocenters. The highest BCUT2D eigenvalue weighted by Crippen LogP contribution is 2.55. The first-order valence-corrected chi connectivity index (χ1v) is 14.6. The van der Waals surface area contributed by atoms with Crippen LogP contribution in [0.15, 0.2) is 33.7 Å². The zero-order chi connectivity index (χ0) is 29.1. The van der Waals surface area contributed by atoms with Crippen molar-refractivity contribution in [3.63, 3.8) is 0 Å². The van der Waals surface area contributed by atoms with Crippen LogP contribution in [0.4, 0.5) is 0 Å². The molecular formula is C29H27Cl2N5O6. The third-order valence-corrected chi connectivity index (χ3v) is 9.54. The summed E-state index contributed by atoms with van der Waals surface area (Å²) in [6, 6.07) is 1.56. The molecule has 218 valence electrons. The minimum absolute atomic E-state index is 0.135. The van der Waals surface area contributed by atoms with Crippen LogP contribution in [0.1, 0.15) is 85.0 Å². The van der Waals surface area contributed by atoms with Crippen LogP contribution in [0.5, 0.6) is 5.75 Å². The number of fused-ring (bicyclic) bond motifs is 3. The molecule has 4 aromatic rings. The Kier molecular flexibility index (Phi) is 6.71. The summed E-state index contributed by atoms with van der Waals surface area (Å²) < 4.78 is 23.5. The smallest absolute Gasteiger partial charge is 0.358 e. The van der Waals surface area contributed by atoms with Crippen molar-refractivity contribution < 1.29 is 28.4 Å². The first-order valence-electron chi connectivity index (χ1n) is 13.9. The number of aromatic carboxylic acids is 1. The summed E-state index contributed by atoms with van der Waals surface area (Å²) in [5, 5.41) is 18.7. The first kappa shape index (κ1) is 27.3. The zero-order valence-electron chi connectivity index (χ0n) is 22.7. The van der Waals surface area contributed by atoms with E-state index in [0.717, 1.165) is 62.7 Å². The standard InChI is InChI=1S/C29H27Cl2N5O6/c1-39-20-10-16(11-33-23(20)26(37)38)25-34-27(42-36-25)28-4-7-29(8-5-28,9-6-28)40-14-17-22(35-41-24(17)15-2-3-15)21-18(30)12-32-13-19(21)31/h10-13,15H,2-9,14H2,1H3,(H,37,38). The summed E-state index contributed by atoms with van der Waals surface area (Å²) in [5.74, 6) is 1.10. The lowest BCUT2D eigenvalue weighted by Crippen LogP contribution is -2.49. The van der Waals surface area contributed by atoms with Gasteiger partial charge in [0, 0.05) is 41.2 Å². The van der Waals surface area contributed by atoms with Gasteiger partial charge in [0.05, 0.1) is 34.8 Å². The molecule has 4 aromatic heterocycles. The third-order valence-electron chi connectivity index (χ3n) is 8.97. The van der Waals surface area contributed by atoms with E-state index in [2.05, 4.69) is 20.3 Å². The number of methoxy groups -OCH3 is 1. The predicted octanol–water partition coefficient (Wildman–Crippen LogP) is 6.63. The molecule has 0 aliphatic heterocycles. The van der Waals surface area contributed by atoms with Crippen LogP contribution in [0.25, 0.3) is 22.6 Å². The first-order chi connectivity index (χ1) is 20.3. The van der Waals surface area contributed by atoms with Gasteiger partial charge in [-0.2, -0.15) is 4.98 Å². The van der Waals surface area contributed by atoms with E-state index in [-0.39, 0.29) is 22.5 Å². The van der Waals surface area contributed by atoms with E-state index in [1.165, 1.54) is 13.3 Å². The van der Waals surface area contributed by atoms with Crippen LogP contribution < -0.4 is 4.74 Å². The van der Waals surface area contributed by atoms with Crippen LogP contribution in [0.3, 0.4) is 0 Å². The van der Waals surface area contributed by atoms with Gasteiger partial charge in [0.15, 0.2) is 11.4 Å². The molecule has 4 aliphatic rings. The van der Waals surface area contributed by atoms with E-state index in [1.807, 2.05) is 0 Å². The van der Waals surface area contributed by atoms with E-state index < -0.39 is 5.97 Å². The maximum absolute atomic E-state index is 11.4. The fraction of sp³-hybridized carbons (Fsp3) is 0.448. The van der Waals surface area contributed by atoms with Crippen molar-refractivity contribution in [1.29, 1.82) is 0 Å². The van der Waals surface area contributed by atoms with E-state index in [4.69, 9.17) is 46.7 Å². The highest BCUT2D eigenvalue weighted by Gasteiger charge is 2.53. The molecule has 42 heavy (non-hydrogen) atoms. The Balaban J connectivity index is 1.08. The lowest BCUT2D eigenvalue weighted by molar-refractivity contribution is -0.130. The molecule has 2 bridgehead atoms. The van der Waals surface area contributed by atoms with Gasteiger partial charge in [-0.05, 0) is 57.4 Å². The number of carbonyl (C=O) groups is 1. The van der Waals surface area contributed by atoms with Gasteiger partial charge < -0.3 is 23.6 Å². The van der Waals surface area contributed by atoms with Gasteiger partial charge in [-0.3, -0.25) is 4.98 Å². The summed E-state index contributed by atoms with van der Waals surface area (Å²) >= 11 is 13.0. The summed E-state index contributed by atoms with van der Waals surface area (Å²) in [6.07, 6.45) is 11.8. The second-order valence-electron chi connectivity index (χ2n) is 11.4. The van der Waals surface area contributed by atoms with Gasteiger partial charge in [-0.15, -0.1) is 0 Å². The van der Waals surface area contributed by atoms with Crippen LogP contribution in [-0.4, -0.2) is 49.1 Å². The number of ether oxygens (including phenoxy) is 2. The average molecular weight is 612 g/mol. The molecule has 0 radical (unpaired) electrons. The number of carboxylic acid groups (broad SMARTS) is 1. The number of aromatic nitrogens is 5. The molecule has 0 amide bonds. The van der Waals surface area contributed by atoms with Gasteiger partial charge in [-0.1, -0.05) is 33.5 Å². The second kappa shape index (κ2) is 10.3. The molecule has 4 aliphatic carbocycles. The molecule has 0 atom stereocenters. The maximum atomic E-state index is 11.4. The SMILES string of the molecule is COc1cc(-c2noc(C34CCC(OCc5c(-c6c(Cl)cncc6Cl)noc5C5CC5)(CC3)CC4)n2)cnc1C(=O)O. The van der Waals surface area contributed by atoms with Crippen molar-refractivity contribution in [2.45, 2.75) is 74.9 Å². The number of hydrogen-bond acceptors (Lipinski definition) is 10. The van der Waals surface area contributed by atoms with Crippen LogP contribution in [0, 0.1) is 0 Å². The minimum atomic E-state index is -1.17. The number of carboxylic acids is 1. The lowest BCUT2D eigenvalue weighted by Gasteiger charge is -2.51. The van der Waals surface area contributed by atoms with Crippen LogP contribution in [0.2, 0.25) is 10.0 Å². The molecule has 4 saturated carbocycles. The predicted molar refractivity (Wildman–Crippen MR) is 150 cm³/mol. The second-order valence-corrected chi connectivity index (χ2v) is 12.2. The summed E-state index contributed by atoms with van der Waals surface area (Å²) in [6.45, 7) is 0.360. The fourth-order valence-corrected chi connectivity index (χ4v) is 6.86. The molecule has 13 heteroatoms. The van der Waals surface area contributed by atoms with Gasteiger partial charge >= 0.3 is 5.97 Å². The van der Waals surface area contributed by atoms with Crippen molar-refractivity contribution in [2.75, 3.05) is 7.11 Å². The Hall–Kier alpha value is -3.54. The number of pyridine rings is 2. The van der Waals surface area contributed by atoms with Crippen LogP contribution in [-0.2, 0) is 16.8 Å². The summed E-state index contributed by atoms with van der Waals surface area (Å²) in [4.78, 5) is 24.2. The van der Waals surface area contributed by atoms with Crippen molar-refractivity contribution in [1.82, 2.24) is 25.3 Å². The summed E-state index contributed by atoms with van der Waals surface area (Å²) in [7, 11) is 1.40. The molecule has 4 heterocycles. The van der Waals surface area contributed by atoms with E-state index in [9.17, 15) is 9.90 Å². The normalized spacial score (nSPS) is 23.3. The topological polar surface area (TPSA) is 146 Å². The monoisotopic (exact) mass is 611 g/mol. The highest BCUT2D eigenvalue weighted by atomic mass is 35.5. The van der Waals surface area contributed by atoms with Crippen molar-refractivity contribution in [3.8, 4) is 28.4 Å². The molecule has 0 aromatic carbocycles. The Morgan fingerprint density at radius 3 is 2.40 bits per heavy atom. The number of rotatable bonds is 9.